The van der Waals surface area contributed by atoms with Crippen LogP contribution < -0.4 is 21.7 Å². The summed E-state index contributed by atoms with van der Waals surface area (Å²) < 4.78 is 0. The fraction of sp³-hybridized carbons (Fsp3) is 0.556. The van der Waals surface area contributed by atoms with Crippen LogP contribution in [0.5, 0.6) is 0 Å². The topological polar surface area (TPSA) is 140 Å². The zero-order chi connectivity index (χ0) is 27.2. The third-order valence-corrected chi connectivity index (χ3v) is 7.87. The number of benzene rings is 1. The van der Waals surface area contributed by atoms with E-state index in [0.29, 0.717) is 31.0 Å². The Morgan fingerprint density at radius 3 is 2.68 bits per heavy atom. The molecule has 11 heteroatoms. The summed E-state index contributed by atoms with van der Waals surface area (Å²) in [5.41, 5.74) is 14.6. The van der Waals surface area contributed by atoms with Gasteiger partial charge in [0.25, 0.3) is 5.91 Å². The molecule has 0 aliphatic carbocycles. The van der Waals surface area contributed by atoms with E-state index in [-0.39, 0.29) is 16.7 Å². The summed E-state index contributed by atoms with van der Waals surface area (Å²) in [6, 6.07) is 9.38. The van der Waals surface area contributed by atoms with Gasteiger partial charge in [-0.15, -0.1) is 0 Å². The summed E-state index contributed by atoms with van der Waals surface area (Å²) in [4.78, 5) is 28.3. The van der Waals surface area contributed by atoms with Crippen molar-refractivity contribution >= 4 is 29.1 Å². The van der Waals surface area contributed by atoms with Crippen molar-refractivity contribution in [3.8, 4) is 6.07 Å². The van der Waals surface area contributed by atoms with Crippen LogP contribution in [0, 0.1) is 18.3 Å². The fourth-order valence-electron chi connectivity index (χ4n) is 5.54. The average Bonchev–Trinajstić information content (AvgIpc) is 2.93. The Balaban J connectivity index is 1.36. The predicted octanol–water partition coefficient (Wildman–Crippen LogP) is 2.15. The Labute approximate surface area is 229 Å². The molecular weight excluding hydrogens is 502 g/mol. The van der Waals surface area contributed by atoms with Crippen LogP contribution in [-0.4, -0.2) is 83.6 Å². The van der Waals surface area contributed by atoms with E-state index < -0.39 is 5.91 Å². The number of anilines is 2. The number of nitrogens with two attached hydrogens (primary N) is 2. The molecule has 0 saturated carbocycles. The van der Waals surface area contributed by atoms with E-state index in [2.05, 4.69) is 55.1 Å². The summed E-state index contributed by atoms with van der Waals surface area (Å²) in [5.74, 6) is 0.163. The molecule has 0 radical (unpaired) electrons. The van der Waals surface area contributed by atoms with Gasteiger partial charge in [-0.2, -0.15) is 5.26 Å². The van der Waals surface area contributed by atoms with Crippen LogP contribution in [-0.2, 0) is 6.54 Å². The molecule has 2 aliphatic rings. The van der Waals surface area contributed by atoms with Crippen molar-refractivity contribution in [3.05, 3.63) is 45.7 Å². The number of aromatic nitrogens is 2. The number of piperazine rings is 1. The summed E-state index contributed by atoms with van der Waals surface area (Å²) >= 11 is 6.49. The van der Waals surface area contributed by atoms with Gasteiger partial charge in [0.2, 0.25) is 0 Å². The number of nitrogens with zero attached hydrogens (tertiary/aromatic N) is 6. The molecule has 2 saturated heterocycles. The van der Waals surface area contributed by atoms with E-state index >= 15 is 0 Å². The number of amides is 1. The van der Waals surface area contributed by atoms with Crippen molar-refractivity contribution in [1.82, 2.24) is 25.1 Å². The van der Waals surface area contributed by atoms with Crippen LogP contribution >= 0.6 is 11.6 Å². The lowest BCUT2D eigenvalue weighted by atomic mass is 9.97. The van der Waals surface area contributed by atoms with Gasteiger partial charge in [-0.3, -0.25) is 14.6 Å². The number of carbonyl (C=O) groups excluding carboxylic acids is 1. The standard InChI is InChI=1S/C27H38ClN9O/c1-3-21-17-36(26-24(28)33-23(25(31)34-26)27(38)32-9-8-29)12-13-37(21)22-6-10-35(11-7-22)16-19-5-4-18(2)14-20(19)15-30/h4-5,14,21-22H,3,6-13,16-17,29H2,1-2H3,(H2,31,34)(H,32,38)/t21-/m0/s1. The number of likely N-dealkylation sites (tertiary alicyclic amines) is 1. The number of nitrogens with one attached hydrogen (secondary N) is 1. The molecule has 2 aliphatic heterocycles. The van der Waals surface area contributed by atoms with Crippen LogP contribution in [0.1, 0.15) is 53.4 Å². The first-order chi connectivity index (χ1) is 18.3. The van der Waals surface area contributed by atoms with Gasteiger partial charge in [0.15, 0.2) is 22.5 Å². The third kappa shape index (κ3) is 6.35. The minimum atomic E-state index is -0.428. The largest absolute Gasteiger partial charge is 0.382 e. The van der Waals surface area contributed by atoms with Gasteiger partial charge in [0.05, 0.1) is 11.6 Å². The normalized spacial score (nSPS) is 19.3. The zero-order valence-electron chi connectivity index (χ0n) is 22.3. The predicted molar refractivity (Wildman–Crippen MR) is 150 cm³/mol. The number of aryl methyl sites for hydroxylation is 1. The molecule has 0 unspecified atom stereocenters. The minimum absolute atomic E-state index is 0.0252. The highest BCUT2D eigenvalue weighted by Gasteiger charge is 2.34. The maximum Gasteiger partial charge on any atom is 0.273 e. The number of hydrogen-bond acceptors (Lipinski definition) is 9. The summed E-state index contributed by atoms with van der Waals surface area (Å²) in [6.45, 7) is 10.2. The van der Waals surface area contributed by atoms with E-state index in [4.69, 9.17) is 23.1 Å². The van der Waals surface area contributed by atoms with Crippen molar-refractivity contribution in [2.45, 2.75) is 51.7 Å². The van der Waals surface area contributed by atoms with Crippen molar-refractivity contribution in [2.24, 2.45) is 5.73 Å². The first-order valence-electron chi connectivity index (χ1n) is 13.4. The Bertz CT molecular complexity index is 1180. The Kier molecular flexibility index (Phi) is 9.39. The fourth-order valence-corrected chi connectivity index (χ4v) is 5.79. The highest BCUT2D eigenvalue weighted by Crippen LogP contribution is 2.30. The van der Waals surface area contributed by atoms with Crippen molar-refractivity contribution in [1.29, 1.82) is 5.26 Å². The molecule has 0 bridgehead atoms. The molecule has 38 heavy (non-hydrogen) atoms. The van der Waals surface area contributed by atoms with Gasteiger partial charge in [-0.25, -0.2) is 9.97 Å². The number of hydrogen-bond donors (Lipinski definition) is 3. The first kappa shape index (κ1) is 28.0. The van der Waals surface area contributed by atoms with Crippen LogP contribution in [0.2, 0.25) is 5.15 Å². The number of halogens is 1. The average molecular weight is 540 g/mol. The monoisotopic (exact) mass is 539 g/mol. The molecule has 5 N–H and O–H groups in total. The van der Waals surface area contributed by atoms with E-state index in [9.17, 15) is 10.1 Å². The smallest absolute Gasteiger partial charge is 0.273 e. The van der Waals surface area contributed by atoms with Gasteiger partial charge in [-0.05, 0) is 56.5 Å². The SMILES string of the molecule is CC[C@H]1CN(c2nc(N)c(C(=O)NCCN)nc2Cl)CCN1C1CCN(Cc2ccc(C)cc2C#N)CC1. The molecule has 1 amide bonds. The molecule has 2 fully saturated rings. The van der Waals surface area contributed by atoms with Crippen LogP contribution in [0.3, 0.4) is 0 Å². The Morgan fingerprint density at radius 1 is 1.24 bits per heavy atom. The van der Waals surface area contributed by atoms with Gasteiger partial charge in [0, 0.05) is 51.4 Å². The van der Waals surface area contributed by atoms with Gasteiger partial charge >= 0.3 is 0 Å². The van der Waals surface area contributed by atoms with Gasteiger partial charge in [-0.1, -0.05) is 30.7 Å². The van der Waals surface area contributed by atoms with E-state index in [1.54, 1.807) is 0 Å². The van der Waals surface area contributed by atoms with Crippen molar-refractivity contribution in [2.75, 3.05) is 56.4 Å². The first-order valence-corrected chi connectivity index (χ1v) is 13.8. The molecule has 1 atom stereocenters. The lowest BCUT2D eigenvalue weighted by molar-refractivity contribution is 0.0610. The number of piperidine rings is 1. The maximum absolute atomic E-state index is 12.3. The molecule has 2 aromatic rings. The molecule has 4 rings (SSSR count). The van der Waals surface area contributed by atoms with Crippen molar-refractivity contribution < 1.29 is 4.79 Å². The molecule has 1 aromatic heterocycles. The highest BCUT2D eigenvalue weighted by atomic mass is 35.5. The lowest BCUT2D eigenvalue weighted by Crippen LogP contribution is -2.58. The van der Waals surface area contributed by atoms with E-state index in [1.807, 2.05) is 13.0 Å². The van der Waals surface area contributed by atoms with E-state index in [0.717, 1.165) is 75.2 Å². The van der Waals surface area contributed by atoms with E-state index in [1.165, 1.54) is 0 Å². The van der Waals surface area contributed by atoms with Crippen molar-refractivity contribution in [3.63, 3.8) is 0 Å². The second-order valence-corrected chi connectivity index (χ2v) is 10.5. The second kappa shape index (κ2) is 12.7. The molecule has 3 heterocycles. The number of rotatable bonds is 8. The zero-order valence-corrected chi connectivity index (χ0v) is 23.0. The Morgan fingerprint density at radius 2 is 2.00 bits per heavy atom. The van der Waals surface area contributed by atoms with Gasteiger partial charge in [0.1, 0.15) is 0 Å². The quantitative estimate of drug-likeness (QED) is 0.460. The van der Waals surface area contributed by atoms with Crippen LogP contribution in [0.15, 0.2) is 18.2 Å². The Hall–Kier alpha value is -2.97. The molecule has 204 valence electrons. The highest BCUT2D eigenvalue weighted by molar-refractivity contribution is 6.32. The minimum Gasteiger partial charge on any atom is -0.382 e. The molecule has 10 nitrogen and oxygen atoms in total. The van der Waals surface area contributed by atoms with Crippen LogP contribution in [0.25, 0.3) is 0 Å². The second-order valence-electron chi connectivity index (χ2n) is 10.1. The molecule has 0 spiro atoms. The summed E-state index contributed by atoms with van der Waals surface area (Å²) in [5, 5.41) is 12.4. The summed E-state index contributed by atoms with van der Waals surface area (Å²) in [6.07, 6.45) is 3.21. The number of nitrogen functional groups attached to an aromatic ring is 1. The number of nitriles is 1. The summed E-state index contributed by atoms with van der Waals surface area (Å²) in [7, 11) is 0. The molecular formula is C27H38ClN9O. The third-order valence-electron chi connectivity index (χ3n) is 7.61. The number of carbonyl (C=O) groups is 1. The van der Waals surface area contributed by atoms with Crippen LogP contribution in [0.4, 0.5) is 11.6 Å². The van der Waals surface area contributed by atoms with Gasteiger partial charge < -0.3 is 21.7 Å². The maximum atomic E-state index is 12.3. The molecule has 1 aromatic carbocycles. The lowest BCUT2D eigenvalue weighted by Gasteiger charge is -2.47.